The third-order valence-electron chi connectivity index (χ3n) is 4.23. The molecule has 3 rings (SSSR count). The van der Waals surface area contributed by atoms with Crippen LogP contribution in [-0.4, -0.2) is 19.5 Å². The molecule has 156 valence electrons. The maximum Gasteiger partial charge on any atom is 0.261 e. The average molecular weight is 429 g/mol. The lowest BCUT2D eigenvalue weighted by atomic mass is 10.2. The van der Waals surface area contributed by atoms with Crippen molar-refractivity contribution in [3.63, 3.8) is 0 Å². The Kier molecular flexibility index (Phi) is 6.02. The zero-order valence-electron chi connectivity index (χ0n) is 16.6. The molecule has 0 spiro atoms. The molecule has 0 aliphatic rings. The van der Waals surface area contributed by atoms with Gasteiger partial charge in [-0.1, -0.05) is 29.4 Å². The molecule has 0 fully saturated rings. The molecule has 9 heteroatoms. The van der Waals surface area contributed by atoms with Gasteiger partial charge in [-0.3, -0.25) is 9.52 Å². The molecule has 1 heterocycles. The van der Waals surface area contributed by atoms with Gasteiger partial charge in [-0.05, 0) is 55.3 Å². The summed E-state index contributed by atoms with van der Waals surface area (Å²) >= 11 is 0. The second kappa shape index (κ2) is 8.50. The normalized spacial score (nSPS) is 11.6. The van der Waals surface area contributed by atoms with Crippen molar-refractivity contribution in [2.45, 2.75) is 25.7 Å². The largest absolute Gasteiger partial charge is 0.354 e. The highest BCUT2D eigenvalue weighted by Gasteiger charge is 2.15. The summed E-state index contributed by atoms with van der Waals surface area (Å²) in [5, 5.41) is 6.48. The van der Waals surface area contributed by atoms with Gasteiger partial charge in [-0.2, -0.15) is 0 Å². The van der Waals surface area contributed by atoms with Crippen LogP contribution in [-0.2, 0) is 14.8 Å². The molecule has 0 radical (unpaired) electrons. The van der Waals surface area contributed by atoms with Gasteiger partial charge in [0.25, 0.3) is 10.0 Å². The summed E-state index contributed by atoms with van der Waals surface area (Å²) in [6.45, 7) is 4.69. The van der Waals surface area contributed by atoms with Crippen molar-refractivity contribution in [1.82, 2.24) is 5.16 Å². The van der Waals surface area contributed by atoms with Crippen molar-refractivity contribution >= 4 is 39.5 Å². The number of rotatable bonds is 6. The molecule has 2 aromatic carbocycles. The number of sulfonamides is 1. The second-order valence-corrected chi connectivity index (χ2v) is 8.34. The van der Waals surface area contributed by atoms with Crippen molar-refractivity contribution in [2.75, 3.05) is 10.0 Å². The Morgan fingerprint density at radius 3 is 2.43 bits per heavy atom. The minimum Gasteiger partial charge on any atom is -0.354 e. The molecule has 0 saturated carbocycles. The highest BCUT2D eigenvalue weighted by Crippen LogP contribution is 2.23. The Morgan fingerprint density at radius 1 is 1.10 bits per heavy atom. The van der Waals surface area contributed by atoms with Gasteiger partial charge in [-0.15, -0.1) is 0 Å². The maximum absolute atomic E-state index is 13.7. The van der Waals surface area contributed by atoms with E-state index in [2.05, 4.69) is 15.2 Å². The van der Waals surface area contributed by atoms with Crippen molar-refractivity contribution in [3.05, 3.63) is 70.9 Å². The lowest BCUT2D eigenvalue weighted by Gasteiger charge is -2.09. The molecular weight excluding hydrogens is 409 g/mol. The fourth-order valence-corrected chi connectivity index (χ4v) is 3.68. The molecule has 0 saturated heterocycles. The van der Waals surface area contributed by atoms with Gasteiger partial charge in [0.05, 0.1) is 10.6 Å². The van der Waals surface area contributed by atoms with E-state index >= 15 is 0 Å². The zero-order valence-corrected chi connectivity index (χ0v) is 17.4. The van der Waals surface area contributed by atoms with E-state index in [9.17, 15) is 17.6 Å². The topological polar surface area (TPSA) is 101 Å². The molecule has 1 aromatic heterocycles. The minimum absolute atomic E-state index is 0.0371. The Labute approximate surface area is 173 Å². The summed E-state index contributed by atoms with van der Waals surface area (Å²) in [7, 11) is -3.86. The number of carbonyl (C=O) groups excluding carboxylic acids is 1. The number of anilines is 2. The summed E-state index contributed by atoms with van der Waals surface area (Å²) in [6, 6.07) is 10.2. The fourth-order valence-electron chi connectivity index (χ4n) is 2.63. The predicted molar refractivity (Wildman–Crippen MR) is 113 cm³/mol. The second-order valence-electron chi connectivity index (χ2n) is 6.66. The third-order valence-corrected chi connectivity index (χ3v) is 5.63. The van der Waals surface area contributed by atoms with E-state index in [0.29, 0.717) is 28.3 Å². The summed E-state index contributed by atoms with van der Waals surface area (Å²) < 4.78 is 46.3. The molecule has 30 heavy (non-hydrogen) atoms. The van der Waals surface area contributed by atoms with Crippen LogP contribution in [0.15, 0.2) is 51.9 Å². The van der Waals surface area contributed by atoms with Gasteiger partial charge < -0.3 is 9.84 Å². The van der Waals surface area contributed by atoms with Gasteiger partial charge >= 0.3 is 0 Å². The number of hydrogen-bond donors (Lipinski definition) is 2. The van der Waals surface area contributed by atoms with Gasteiger partial charge in [0.15, 0.2) is 5.76 Å². The average Bonchev–Trinajstić information content (AvgIpc) is 3.02. The van der Waals surface area contributed by atoms with E-state index in [-0.39, 0.29) is 16.5 Å². The van der Waals surface area contributed by atoms with Crippen LogP contribution in [0, 0.1) is 19.7 Å². The quantitative estimate of drug-likeness (QED) is 0.606. The van der Waals surface area contributed by atoms with Gasteiger partial charge in [-0.25, -0.2) is 12.8 Å². The number of hydrogen-bond acceptors (Lipinski definition) is 5. The molecular formula is C21H20FN3O4S. The van der Waals surface area contributed by atoms with E-state index < -0.39 is 15.8 Å². The predicted octanol–water partition coefficient (Wildman–Crippen LogP) is 4.36. The number of carbonyl (C=O) groups is 1. The van der Waals surface area contributed by atoms with Crippen molar-refractivity contribution < 1.29 is 22.1 Å². The van der Waals surface area contributed by atoms with Crippen LogP contribution >= 0.6 is 0 Å². The molecule has 0 bridgehead atoms. The highest BCUT2D eigenvalue weighted by molar-refractivity contribution is 7.92. The molecule has 1 amide bonds. The lowest BCUT2D eigenvalue weighted by Crippen LogP contribution is -2.13. The first-order valence-corrected chi connectivity index (χ1v) is 10.4. The number of aryl methyl sites for hydroxylation is 2. The first-order valence-electron chi connectivity index (χ1n) is 8.97. The van der Waals surface area contributed by atoms with E-state index in [1.165, 1.54) is 31.2 Å². The molecule has 0 aliphatic carbocycles. The summed E-state index contributed by atoms with van der Waals surface area (Å²) in [5.74, 6) is -0.356. The SMILES string of the molecule is CC(=O)Nc1c(C)noc1/C=C\c1ccc(S(=O)(=O)Nc2ccc(C)c(F)c2)cc1. The molecule has 0 aliphatic heterocycles. The number of nitrogens with one attached hydrogen (secondary N) is 2. The molecule has 0 atom stereocenters. The van der Waals surface area contributed by atoms with Gasteiger partial charge in [0.2, 0.25) is 5.91 Å². The third kappa shape index (κ3) is 4.93. The van der Waals surface area contributed by atoms with E-state index in [1.54, 1.807) is 38.1 Å². The van der Waals surface area contributed by atoms with Crippen molar-refractivity contribution in [1.29, 1.82) is 0 Å². The van der Waals surface area contributed by atoms with Crippen LogP contribution in [0.25, 0.3) is 12.2 Å². The Balaban J connectivity index is 1.77. The summed E-state index contributed by atoms with van der Waals surface area (Å²) in [6.07, 6.45) is 3.33. The van der Waals surface area contributed by atoms with Crippen molar-refractivity contribution in [3.8, 4) is 0 Å². The number of amides is 1. The zero-order chi connectivity index (χ0) is 21.9. The number of aromatic nitrogens is 1. The van der Waals surface area contributed by atoms with Crippen LogP contribution in [0.2, 0.25) is 0 Å². The van der Waals surface area contributed by atoms with Crippen molar-refractivity contribution in [2.24, 2.45) is 0 Å². The molecule has 3 aromatic rings. The number of nitrogens with zero attached hydrogens (tertiary/aromatic N) is 1. The molecule has 2 N–H and O–H groups in total. The van der Waals surface area contributed by atoms with E-state index in [0.717, 1.165) is 6.07 Å². The Hall–Kier alpha value is -3.46. The molecule has 7 nitrogen and oxygen atoms in total. The van der Waals surface area contributed by atoms with Gasteiger partial charge in [0.1, 0.15) is 17.2 Å². The molecule has 0 unspecified atom stereocenters. The monoisotopic (exact) mass is 429 g/mol. The minimum atomic E-state index is -3.86. The van der Waals surface area contributed by atoms with Gasteiger partial charge in [0, 0.05) is 6.92 Å². The van der Waals surface area contributed by atoms with Crippen LogP contribution < -0.4 is 10.0 Å². The van der Waals surface area contributed by atoms with Crippen LogP contribution in [0.3, 0.4) is 0 Å². The standard InChI is InChI=1S/C21H20FN3O4S/c1-13-4-8-17(12-19(13)22)25-30(27,28)18-9-5-16(6-10-18)7-11-20-21(23-15(3)26)14(2)24-29-20/h4-12,25H,1-3H3,(H,23,26)/b11-7-. The van der Waals surface area contributed by atoms with E-state index in [4.69, 9.17) is 4.52 Å². The summed E-state index contributed by atoms with van der Waals surface area (Å²) in [4.78, 5) is 11.3. The number of halogens is 1. The maximum atomic E-state index is 13.7. The van der Waals surface area contributed by atoms with Crippen LogP contribution in [0.4, 0.5) is 15.8 Å². The highest BCUT2D eigenvalue weighted by atomic mass is 32.2. The van der Waals surface area contributed by atoms with Crippen LogP contribution in [0.1, 0.15) is 29.5 Å². The van der Waals surface area contributed by atoms with E-state index in [1.807, 2.05) is 0 Å². The fraction of sp³-hybridized carbons (Fsp3) is 0.143. The Bertz CT molecular complexity index is 1220. The van der Waals surface area contributed by atoms with Crippen LogP contribution in [0.5, 0.6) is 0 Å². The first-order chi connectivity index (χ1) is 14.2. The smallest absolute Gasteiger partial charge is 0.261 e. The lowest BCUT2D eigenvalue weighted by molar-refractivity contribution is -0.114. The first kappa shape index (κ1) is 21.3. The Morgan fingerprint density at radius 2 is 1.80 bits per heavy atom. The summed E-state index contributed by atoms with van der Waals surface area (Å²) in [5.41, 5.74) is 2.31. The number of benzene rings is 2.